The van der Waals surface area contributed by atoms with E-state index in [9.17, 15) is 0 Å². The van der Waals surface area contributed by atoms with Crippen molar-refractivity contribution in [1.29, 1.82) is 0 Å². The Morgan fingerprint density at radius 1 is 1.44 bits per heavy atom. The molecule has 0 saturated carbocycles. The summed E-state index contributed by atoms with van der Waals surface area (Å²) >= 11 is 0. The van der Waals surface area contributed by atoms with Crippen LogP contribution in [-0.4, -0.2) is 19.7 Å². The molecule has 0 bridgehead atoms. The topological polar surface area (TPSA) is 21.3 Å². The summed E-state index contributed by atoms with van der Waals surface area (Å²) in [5.41, 5.74) is 1.35. The van der Waals surface area contributed by atoms with Crippen molar-refractivity contribution in [3.63, 3.8) is 0 Å². The van der Waals surface area contributed by atoms with Gasteiger partial charge in [0.05, 0.1) is 6.61 Å². The van der Waals surface area contributed by atoms with Gasteiger partial charge in [0.25, 0.3) is 0 Å². The third-order valence-electron chi connectivity index (χ3n) is 3.19. The molecule has 16 heavy (non-hydrogen) atoms. The van der Waals surface area contributed by atoms with Crippen LogP contribution < -0.4 is 10.1 Å². The minimum Gasteiger partial charge on any atom is -0.493 e. The molecule has 1 saturated heterocycles. The summed E-state index contributed by atoms with van der Waals surface area (Å²) in [5.74, 6) is 1.70. The van der Waals surface area contributed by atoms with E-state index in [1.54, 1.807) is 0 Å². The molecule has 1 aromatic carbocycles. The van der Waals surface area contributed by atoms with Crippen LogP contribution in [0.1, 0.15) is 25.3 Å². The summed E-state index contributed by atoms with van der Waals surface area (Å²) in [5, 5.41) is 3.41. The van der Waals surface area contributed by atoms with E-state index in [0.29, 0.717) is 5.92 Å². The van der Waals surface area contributed by atoms with E-state index in [-0.39, 0.29) is 0 Å². The predicted molar refractivity (Wildman–Crippen MR) is 66.9 cm³/mol. The van der Waals surface area contributed by atoms with Crippen molar-refractivity contribution >= 4 is 0 Å². The van der Waals surface area contributed by atoms with E-state index < -0.39 is 0 Å². The van der Waals surface area contributed by atoms with Crippen molar-refractivity contribution in [1.82, 2.24) is 5.32 Å². The number of hydrogen-bond donors (Lipinski definition) is 1. The van der Waals surface area contributed by atoms with E-state index in [4.69, 9.17) is 4.74 Å². The summed E-state index contributed by atoms with van der Waals surface area (Å²) < 4.78 is 5.85. The van der Waals surface area contributed by atoms with Gasteiger partial charge in [-0.15, -0.1) is 0 Å². The fraction of sp³-hybridized carbons (Fsp3) is 0.571. The summed E-state index contributed by atoms with van der Waals surface area (Å²) in [6.45, 7) is 5.29. The molecule has 0 amide bonds. The average molecular weight is 219 g/mol. The van der Waals surface area contributed by atoms with Gasteiger partial charge in [0, 0.05) is 12.5 Å². The molecule has 2 heteroatoms. The summed E-state index contributed by atoms with van der Waals surface area (Å²) in [4.78, 5) is 0. The van der Waals surface area contributed by atoms with E-state index in [0.717, 1.165) is 25.3 Å². The van der Waals surface area contributed by atoms with Gasteiger partial charge in [-0.05, 0) is 43.5 Å². The number of hydrogen-bond acceptors (Lipinski definition) is 2. The highest BCUT2D eigenvalue weighted by molar-refractivity contribution is 5.28. The summed E-state index contributed by atoms with van der Waals surface area (Å²) in [6, 6.07) is 8.42. The van der Waals surface area contributed by atoms with Crippen LogP contribution in [0.2, 0.25) is 0 Å². The second-order valence-corrected chi connectivity index (χ2v) is 4.52. The Balaban J connectivity index is 1.83. The van der Waals surface area contributed by atoms with Crippen LogP contribution in [0, 0.1) is 5.92 Å². The van der Waals surface area contributed by atoms with Gasteiger partial charge in [-0.25, -0.2) is 0 Å². The molecule has 0 aliphatic carbocycles. The predicted octanol–water partition coefficient (Wildman–Crippen LogP) is 2.63. The van der Waals surface area contributed by atoms with Crippen LogP contribution >= 0.6 is 0 Å². The van der Waals surface area contributed by atoms with Gasteiger partial charge in [-0.1, -0.05) is 19.1 Å². The Bertz CT molecular complexity index is 318. The molecular weight excluding hydrogens is 198 g/mol. The average Bonchev–Trinajstić information content (AvgIpc) is 2.38. The summed E-state index contributed by atoms with van der Waals surface area (Å²) in [7, 11) is 0. The fourth-order valence-electron chi connectivity index (χ4n) is 2.14. The van der Waals surface area contributed by atoms with Gasteiger partial charge in [0.1, 0.15) is 5.75 Å². The zero-order valence-electron chi connectivity index (χ0n) is 10.0. The van der Waals surface area contributed by atoms with Gasteiger partial charge in [0.2, 0.25) is 0 Å². The van der Waals surface area contributed by atoms with Crippen molar-refractivity contribution in [2.45, 2.75) is 26.2 Å². The smallest absolute Gasteiger partial charge is 0.119 e. The Labute approximate surface area is 98.0 Å². The van der Waals surface area contributed by atoms with Crippen molar-refractivity contribution < 1.29 is 4.74 Å². The van der Waals surface area contributed by atoms with Crippen molar-refractivity contribution in [2.75, 3.05) is 19.7 Å². The molecule has 1 fully saturated rings. The SMILES string of the molecule is CCc1cccc(OC[C@H]2CCCNC2)c1. The molecule has 2 nitrogen and oxygen atoms in total. The Kier molecular flexibility index (Phi) is 4.23. The highest BCUT2D eigenvalue weighted by atomic mass is 16.5. The van der Waals surface area contributed by atoms with Crippen LogP contribution in [0.3, 0.4) is 0 Å². The minimum atomic E-state index is 0.680. The first-order chi connectivity index (χ1) is 7.88. The second kappa shape index (κ2) is 5.90. The molecule has 88 valence electrons. The molecule has 1 aliphatic rings. The molecule has 1 atom stereocenters. The van der Waals surface area contributed by atoms with E-state index in [1.807, 2.05) is 0 Å². The van der Waals surface area contributed by atoms with Crippen LogP contribution in [0.4, 0.5) is 0 Å². The Hall–Kier alpha value is -1.02. The van der Waals surface area contributed by atoms with Crippen LogP contribution in [0.25, 0.3) is 0 Å². The van der Waals surface area contributed by atoms with E-state index >= 15 is 0 Å². The zero-order chi connectivity index (χ0) is 11.2. The third-order valence-corrected chi connectivity index (χ3v) is 3.19. The maximum absolute atomic E-state index is 5.85. The maximum Gasteiger partial charge on any atom is 0.119 e. The monoisotopic (exact) mass is 219 g/mol. The molecule has 0 unspecified atom stereocenters. The van der Waals surface area contributed by atoms with Crippen molar-refractivity contribution in [3.05, 3.63) is 29.8 Å². The van der Waals surface area contributed by atoms with E-state index in [1.165, 1.54) is 24.9 Å². The number of rotatable bonds is 4. The first-order valence-electron chi connectivity index (χ1n) is 6.31. The highest BCUT2D eigenvalue weighted by Crippen LogP contribution is 2.16. The van der Waals surface area contributed by atoms with E-state index in [2.05, 4.69) is 36.5 Å². The number of aryl methyl sites for hydroxylation is 1. The number of piperidine rings is 1. The first kappa shape index (κ1) is 11.5. The van der Waals surface area contributed by atoms with Crippen LogP contribution in [-0.2, 0) is 6.42 Å². The largest absolute Gasteiger partial charge is 0.493 e. The molecule has 1 N–H and O–H groups in total. The number of ether oxygens (including phenoxy) is 1. The molecule has 0 spiro atoms. The van der Waals surface area contributed by atoms with Crippen molar-refractivity contribution in [2.24, 2.45) is 5.92 Å². The quantitative estimate of drug-likeness (QED) is 0.840. The maximum atomic E-state index is 5.85. The number of benzene rings is 1. The molecule has 2 rings (SSSR count). The molecule has 0 aromatic heterocycles. The fourth-order valence-corrected chi connectivity index (χ4v) is 2.14. The van der Waals surface area contributed by atoms with Crippen molar-refractivity contribution in [3.8, 4) is 5.75 Å². The normalized spacial score (nSPS) is 20.7. The third kappa shape index (κ3) is 3.24. The Morgan fingerprint density at radius 3 is 3.12 bits per heavy atom. The highest BCUT2D eigenvalue weighted by Gasteiger charge is 2.13. The van der Waals surface area contributed by atoms with Crippen LogP contribution in [0.15, 0.2) is 24.3 Å². The lowest BCUT2D eigenvalue weighted by Crippen LogP contribution is -2.33. The minimum absolute atomic E-state index is 0.680. The molecule has 1 aliphatic heterocycles. The first-order valence-corrected chi connectivity index (χ1v) is 6.31. The zero-order valence-corrected chi connectivity index (χ0v) is 10.0. The van der Waals surface area contributed by atoms with Gasteiger partial charge < -0.3 is 10.1 Å². The second-order valence-electron chi connectivity index (χ2n) is 4.52. The molecular formula is C14H21NO. The summed E-state index contributed by atoms with van der Waals surface area (Å²) in [6.07, 6.45) is 3.64. The standard InChI is InChI=1S/C14H21NO/c1-2-12-5-3-7-14(9-12)16-11-13-6-4-8-15-10-13/h3,5,7,9,13,15H,2,4,6,8,10-11H2,1H3/t13-/m0/s1. The lowest BCUT2D eigenvalue weighted by molar-refractivity contribution is 0.218. The Morgan fingerprint density at radius 2 is 2.38 bits per heavy atom. The molecule has 0 radical (unpaired) electrons. The molecule has 1 aromatic rings. The lowest BCUT2D eigenvalue weighted by Gasteiger charge is -2.22. The lowest BCUT2D eigenvalue weighted by atomic mass is 10.0. The van der Waals surface area contributed by atoms with Crippen LogP contribution in [0.5, 0.6) is 5.75 Å². The van der Waals surface area contributed by atoms with Gasteiger partial charge >= 0.3 is 0 Å². The van der Waals surface area contributed by atoms with Gasteiger partial charge in [-0.3, -0.25) is 0 Å². The molecule has 1 heterocycles. The van der Waals surface area contributed by atoms with Gasteiger partial charge in [-0.2, -0.15) is 0 Å². The van der Waals surface area contributed by atoms with Gasteiger partial charge in [0.15, 0.2) is 0 Å². The number of nitrogens with one attached hydrogen (secondary N) is 1.